The normalized spacial score (nSPS) is 33.2. The molecule has 4 heterocycles. The third-order valence-corrected chi connectivity index (χ3v) is 6.89. The number of piperidine rings is 3. The van der Waals surface area contributed by atoms with Crippen molar-refractivity contribution in [1.29, 1.82) is 0 Å². The van der Waals surface area contributed by atoms with Gasteiger partial charge in [0.05, 0.1) is 7.11 Å². The highest BCUT2D eigenvalue weighted by molar-refractivity contribution is 5.34. The number of hydrogen-bond acceptors (Lipinski definition) is 3. The van der Waals surface area contributed by atoms with Gasteiger partial charge in [-0.25, -0.2) is 0 Å². The molecule has 4 aliphatic rings. The van der Waals surface area contributed by atoms with Gasteiger partial charge in [-0.05, 0) is 43.5 Å². The molecule has 4 aliphatic heterocycles. The summed E-state index contributed by atoms with van der Waals surface area (Å²) in [6.45, 7) is 4.73. The van der Waals surface area contributed by atoms with Crippen LogP contribution in [-0.4, -0.2) is 48.6 Å². The summed E-state index contributed by atoms with van der Waals surface area (Å²) in [5, 5.41) is 0. The van der Waals surface area contributed by atoms with Crippen LogP contribution >= 0.6 is 0 Å². The van der Waals surface area contributed by atoms with Gasteiger partial charge in [-0.2, -0.15) is 0 Å². The number of hydrogen-bond donors (Lipinski definition) is 0. The summed E-state index contributed by atoms with van der Waals surface area (Å²) in [5.41, 5.74) is 2.83. The van der Waals surface area contributed by atoms with E-state index < -0.39 is 0 Å². The number of benzene rings is 2. The van der Waals surface area contributed by atoms with Gasteiger partial charge in [0.1, 0.15) is 5.75 Å². The lowest BCUT2D eigenvalue weighted by Crippen LogP contribution is -2.59. The van der Waals surface area contributed by atoms with Crippen molar-refractivity contribution in [3.63, 3.8) is 0 Å². The minimum absolute atomic E-state index is 0.624. The molecule has 0 radical (unpaired) electrons. The number of rotatable bonds is 4. The van der Waals surface area contributed by atoms with Crippen molar-refractivity contribution in [3.8, 4) is 5.75 Å². The fourth-order valence-corrected chi connectivity index (χ4v) is 5.77. The molecule has 0 aliphatic carbocycles. The summed E-state index contributed by atoms with van der Waals surface area (Å²) in [5.74, 6) is 2.50. The number of fused-ring (bicyclic) bond motifs is 2. The Kier molecular flexibility index (Phi) is 4.22. The topological polar surface area (TPSA) is 15.7 Å². The first-order chi connectivity index (χ1) is 12.8. The van der Waals surface area contributed by atoms with Crippen LogP contribution < -0.4 is 4.74 Å². The molecule has 136 valence electrons. The molecule has 26 heavy (non-hydrogen) atoms. The maximum Gasteiger partial charge on any atom is 0.123 e. The summed E-state index contributed by atoms with van der Waals surface area (Å²) >= 11 is 0. The van der Waals surface area contributed by atoms with Crippen molar-refractivity contribution in [2.45, 2.75) is 37.4 Å². The zero-order chi connectivity index (χ0) is 17.5. The largest absolute Gasteiger partial charge is 0.496 e. The number of methoxy groups -OCH3 is 1. The monoisotopic (exact) mass is 348 g/mol. The van der Waals surface area contributed by atoms with Crippen LogP contribution in [0.5, 0.6) is 5.75 Å². The van der Waals surface area contributed by atoms with Gasteiger partial charge in [0.2, 0.25) is 0 Å². The minimum atomic E-state index is 0.624. The second-order valence-corrected chi connectivity index (χ2v) is 8.11. The van der Waals surface area contributed by atoms with Gasteiger partial charge in [0.25, 0.3) is 0 Å². The zero-order valence-corrected chi connectivity index (χ0v) is 15.6. The van der Waals surface area contributed by atoms with E-state index in [4.69, 9.17) is 4.74 Å². The fraction of sp³-hybridized carbons (Fsp3) is 0.478. The van der Waals surface area contributed by atoms with Crippen LogP contribution in [-0.2, 0) is 6.54 Å². The van der Waals surface area contributed by atoms with Crippen LogP contribution in [0, 0.1) is 5.92 Å². The summed E-state index contributed by atoms with van der Waals surface area (Å²) in [7, 11) is 1.78. The first-order valence-electron chi connectivity index (χ1n) is 10.00. The molecule has 0 spiro atoms. The Morgan fingerprint density at radius 3 is 2.42 bits per heavy atom. The van der Waals surface area contributed by atoms with E-state index in [0.29, 0.717) is 18.0 Å². The van der Waals surface area contributed by atoms with Gasteiger partial charge in [-0.15, -0.1) is 0 Å². The standard InChI is InChI=1S/C23H28N2O/c1-26-21-10-6-5-9-19(21)15-25-16-20(17-7-3-2-4-8-17)23-22(25)18-11-13-24(23)14-12-18/h2-10,18,20,22-23H,11-16H2,1H3/t20-,22-,23-/m1/s1. The summed E-state index contributed by atoms with van der Waals surface area (Å²) < 4.78 is 5.63. The Balaban J connectivity index is 1.48. The van der Waals surface area contributed by atoms with Crippen molar-refractivity contribution in [2.75, 3.05) is 26.7 Å². The highest BCUT2D eigenvalue weighted by Gasteiger charge is 2.53. The van der Waals surface area contributed by atoms with E-state index in [1.807, 2.05) is 0 Å². The third kappa shape index (κ3) is 2.65. The Labute approximate surface area is 156 Å². The first-order valence-corrected chi connectivity index (χ1v) is 10.00. The second kappa shape index (κ2) is 6.71. The summed E-state index contributed by atoms with van der Waals surface area (Å²) in [4.78, 5) is 5.54. The predicted octanol–water partition coefficient (Wildman–Crippen LogP) is 3.76. The van der Waals surface area contributed by atoms with E-state index in [0.717, 1.165) is 24.8 Å². The van der Waals surface area contributed by atoms with E-state index in [-0.39, 0.29) is 0 Å². The molecule has 0 saturated carbocycles. The lowest BCUT2D eigenvalue weighted by molar-refractivity contribution is -0.00883. The molecule has 3 nitrogen and oxygen atoms in total. The van der Waals surface area contributed by atoms with Gasteiger partial charge >= 0.3 is 0 Å². The Bertz CT molecular complexity index is 754. The van der Waals surface area contributed by atoms with Crippen LogP contribution in [0.2, 0.25) is 0 Å². The van der Waals surface area contributed by atoms with E-state index >= 15 is 0 Å². The molecule has 2 bridgehead atoms. The summed E-state index contributed by atoms with van der Waals surface area (Å²) in [6, 6.07) is 21.1. The van der Waals surface area contributed by atoms with E-state index in [9.17, 15) is 0 Å². The van der Waals surface area contributed by atoms with Crippen molar-refractivity contribution in [2.24, 2.45) is 5.92 Å². The molecule has 0 aromatic heterocycles. The zero-order valence-electron chi connectivity index (χ0n) is 15.6. The van der Waals surface area contributed by atoms with Crippen LogP contribution in [0.1, 0.15) is 29.9 Å². The van der Waals surface area contributed by atoms with Crippen LogP contribution in [0.4, 0.5) is 0 Å². The Morgan fingerprint density at radius 1 is 0.923 bits per heavy atom. The van der Waals surface area contributed by atoms with Crippen LogP contribution in [0.25, 0.3) is 0 Å². The average molecular weight is 348 g/mol. The first kappa shape index (κ1) is 16.3. The van der Waals surface area contributed by atoms with Crippen molar-refractivity contribution in [3.05, 3.63) is 65.7 Å². The minimum Gasteiger partial charge on any atom is -0.496 e. The van der Waals surface area contributed by atoms with E-state index in [1.54, 1.807) is 7.11 Å². The Hall–Kier alpha value is -1.84. The van der Waals surface area contributed by atoms with Crippen molar-refractivity contribution >= 4 is 0 Å². The van der Waals surface area contributed by atoms with Crippen LogP contribution in [0.3, 0.4) is 0 Å². The van der Waals surface area contributed by atoms with Gasteiger partial charge in [0, 0.05) is 36.7 Å². The molecular formula is C23H28N2O. The predicted molar refractivity (Wildman–Crippen MR) is 104 cm³/mol. The van der Waals surface area contributed by atoms with Gasteiger partial charge < -0.3 is 4.74 Å². The van der Waals surface area contributed by atoms with Crippen molar-refractivity contribution in [1.82, 2.24) is 9.80 Å². The molecule has 2 aromatic rings. The van der Waals surface area contributed by atoms with Gasteiger partial charge in [0.15, 0.2) is 0 Å². The van der Waals surface area contributed by atoms with Crippen LogP contribution in [0.15, 0.2) is 54.6 Å². The molecule has 4 saturated heterocycles. The Morgan fingerprint density at radius 2 is 1.65 bits per heavy atom. The third-order valence-electron chi connectivity index (χ3n) is 6.89. The highest BCUT2D eigenvalue weighted by Crippen LogP contribution is 2.47. The summed E-state index contributed by atoms with van der Waals surface area (Å²) in [6.07, 6.45) is 2.73. The smallest absolute Gasteiger partial charge is 0.123 e. The molecule has 0 amide bonds. The molecule has 3 heteroatoms. The molecule has 6 rings (SSSR count). The quantitative estimate of drug-likeness (QED) is 0.837. The molecule has 0 N–H and O–H groups in total. The molecule has 2 aromatic carbocycles. The molecule has 4 fully saturated rings. The maximum absolute atomic E-state index is 5.63. The number of ether oxygens (including phenoxy) is 1. The lowest BCUT2D eigenvalue weighted by atomic mass is 9.75. The second-order valence-electron chi connectivity index (χ2n) is 8.11. The van der Waals surface area contributed by atoms with Gasteiger partial charge in [-0.3, -0.25) is 9.80 Å². The fourth-order valence-electron chi connectivity index (χ4n) is 5.77. The number of para-hydroxylation sites is 1. The van der Waals surface area contributed by atoms with E-state index in [1.165, 1.54) is 37.1 Å². The molecular weight excluding hydrogens is 320 g/mol. The lowest BCUT2D eigenvalue weighted by Gasteiger charge is -2.51. The molecule has 0 unspecified atom stereocenters. The molecule has 3 atom stereocenters. The average Bonchev–Trinajstić information content (AvgIpc) is 3.12. The number of likely N-dealkylation sites (tertiary alicyclic amines) is 1. The SMILES string of the molecule is COc1ccccc1CN1C[C@H](c2ccccc2)[C@@H]2[C@H]1C1CCN2CC1. The van der Waals surface area contributed by atoms with Crippen molar-refractivity contribution < 1.29 is 4.74 Å². The maximum atomic E-state index is 5.63. The highest BCUT2D eigenvalue weighted by atomic mass is 16.5. The van der Waals surface area contributed by atoms with E-state index in [2.05, 4.69) is 64.4 Å². The van der Waals surface area contributed by atoms with Gasteiger partial charge in [-0.1, -0.05) is 48.5 Å². The number of nitrogens with zero attached hydrogens (tertiary/aromatic N) is 2.